The van der Waals surface area contributed by atoms with Crippen LogP contribution in [-0.4, -0.2) is 0 Å². The molecule has 0 aliphatic heterocycles. The van der Waals surface area contributed by atoms with Crippen LogP contribution in [0.15, 0.2) is 256 Å². The fraction of sp³-hybridized carbons (Fsp3) is 0.290. The van der Waals surface area contributed by atoms with Crippen molar-refractivity contribution in [3.05, 3.63) is 322 Å². The van der Waals surface area contributed by atoms with Crippen molar-refractivity contribution >= 4 is 0 Å². The van der Waals surface area contributed by atoms with Crippen molar-refractivity contribution in [1.29, 1.82) is 0 Å². The summed E-state index contributed by atoms with van der Waals surface area (Å²) in [5.74, 6) is -0.509. The van der Waals surface area contributed by atoms with Crippen molar-refractivity contribution in [3.63, 3.8) is 0 Å². The van der Waals surface area contributed by atoms with E-state index in [0.29, 0.717) is 23.0 Å². The predicted octanol–water partition coefficient (Wildman–Crippen LogP) is 20.0. The number of rotatable bonds is 12. The van der Waals surface area contributed by atoms with Crippen molar-refractivity contribution in [1.82, 2.24) is 0 Å². The summed E-state index contributed by atoms with van der Waals surface area (Å²) in [6.45, 7) is 26.8. The maximum Gasteiger partial charge on any atom is 0.215 e. The second-order valence-corrected chi connectivity index (χ2v) is 26.5. The van der Waals surface area contributed by atoms with Gasteiger partial charge in [-0.2, -0.15) is 0 Å². The molecule has 0 aliphatic carbocycles. The molecule has 12 rings (SSSR count). The zero-order valence-corrected chi connectivity index (χ0v) is 63.0. The van der Waals surface area contributed by atoms with Gasteiger partial charge in [0.1, 0.15) is 42.3 Å². The van der Waals surface area contributed by atoms with Crippen LogP contribution in [0.4, 0.5) is 0 Å². The minimum absolute atomic E-state index is 0.488. The number of hydrogen-bond acceptors (Lipinski definition) is 0. The topological polar surface area (TPSA) is 23.3 Å². The molecule has 1 unspecified atom stereocenters. The third kappa shape index (κ3) is 20.6. The molecule has 6 aromatic carbocycles. The van der Waals surface area contributed by atoms with E-state index in [1.165, 1.54) is 108 Å². The Morgan fingerprint density at radius 3 is 1.15 bits per heavy atom. The lowest BCUT2D eigenvalue weighted by atomic mass is 9.94. The van der Waals surface area contributed by atoms with Gasteiger partial charge in [-0.1, -0.05) is 171 Å². The number of aromatic nitrogens is 6. The molecule has 0 radical (unpaired) electrons. The predicted molar refractivity (Wildman–Crippen MR) is 417 cm³/mol. The van der Waals surface area contributed by atoms with Gasteiger partial charge in [0.2, 0.25) is 34.2 Å². The highest BCUT2D eigenvalue weighted by Crippen LogP contribution is 2.30. The summed E-state index contributed by atoms with van der Waals surface area (Å²) in [5, 5.41) is 0. The van der Waals surface area contributed by atoms with Crippen molar-refractivity contribution in [2.75, 3.05) is 0 Å². The van der Waals surface area contributed by atoms with Gasteiger partial charge in [-0.3, -0.25) is 0 Å². The Balaban J connectivity index is 0.000000176. The van der Waals surface area contributed by atoms with E-state index in [4.69, 9.17) is 8.22 Å². The van der Waals surface area contributed by atoms with Gasteiger partial charge in [-0.05, 0) is 184 Å². The van der Waals surface area contributed by atoms with E-state index < -0.39 is 19.1 Å². The summed E-state index contributed by atoms with van der Waals surface area (Å²) in [6, 6.07) is 75.6. The van der Waals surface area contributed by atoms with E-state index in [9.17, 15) is 0 Å². The molecular weight excluding hydrogens is 1200 g/mol. The van der Waals surface area contributed by atoms with Gasteiger partial charge in [0.05, 0.1) is 0 Å². The molecule has 510 valence electrons. The van der Waals surface area contributed by atoms with E-state index in [2.05, 4.69) is 305 Å². The van der Waals surface area contributed by atoms with Gasteiger partial charge in [0.25, 0.3) is 0 Å². The fourth-order valence-corrected chi connectivity index (χ4v) is 12.3. The third-order valence-corrected chi connectivity index (χ3v) is 18.4. The molecule has 0 amide bonds. The molecule has 0 N–H and O–H groups in total. The average Bonchev–Trinajstić information content (AvgIpc) is 0.789. The Hall–Kier alpha value is -9.78. The lowest BCUT2D eigenvalue weighted by Gasteiger charge is -2.11. The summed E-state index contributed by atoms with van der Waals surface area (Å²) in [6.07, 6.45) is 13.0. The average molecular weight is 1320 g/mol. The molecule has 1 atom stereocenters. The van der Waals surface area contributed by atoms with Gasteiger partial charge in [0.15, 0.2) is 37.2 Å². The van der Waals surface area contributed by atoms with Crippen LogP contribution in [0.1, 0.15) is 155 Å². The zero-order chi connectivity index (χ0) is 77.1. The molecule has 6 heteroatoms. The van der Waals surface area contributed by atoms with Crippen molar-refractivity contribution in [2.45, 2.75) is 141 Å². The summed E-state index contributed by atoms with van der Waals surface area (Å²) in [4.78, 5) is 0. The number of nitrogens with zero attached hydrogens (tertiary/aromatic N) is 6. The van der Waals surface area contributed by atoms with E-state index in [1.54, 1.807) is 19.2 Å². The van der Waals surface area contributed by atoms with Crippen LogP contribution < -0.4 is 27.4 Å². The third-order valence-electron chi connectivity index (χ3n) is 18.4. The van der Waals surface area contributed by atoms with E-state index >= 15 is 0 Å². The van der Waals surface area contributed by atoms with Gasteiger partial charge in [-0.15, -0.1) is 0 Å². The lowest BCUT2D eigenvalue weighted by Crippen LogP contribution is -2.32. The summed E-state index contributed by atoms with van der Waals surface area (Å²) < 4.78 is 58.9. The molecule has 6 aromatic heterocycles. The largest absolute Gasteiger partial charge is 0.215 e. The van der Waals surface area contributed by atoms with Gasteiger partial charge in [-0.25, -0.2) is 27.4 Å². The van der Waals surface area contributed by atoms with Crippen LogP contribution in [0.3, 0.4) is 0 Å². The van der Waals surface area contributed by atoms with E-state index in [1.807, 2.05) is 90.9 Å². The van der Waals surface area contributed by atoms with Crippen LogP contribution in [0.2, 0.25) is 0 Å². The van der Waals surface area contributed by atoms with E-state index in [-0.39, 0.29) is 0 Å². The number of benzene rings is 6. The quantitative estimate of drug-likeness (QED) is 0.109. The lowest BCUT2D eigenvalue weighted by molar-refractivity contribution is -0.661. The molecule has 0 aliphatic rings. The number of hydrogen-bond donors (Lipinski definition) is 0. The van der Waals surface area contributed by atoms with Crippen molar-refractivity contribution in [2.24, 2.45) is 42.3 Å². The first-order chi connectivity index (χ1) is 49.7. The van der Waals surface area contributed by atoms with Crippen LogP contribution >= 0.6 is 0 Å². The molecule has 12 aromatic rings. The molecule has 99 heavy (non-hydrogen) atoms. The minimum Gasteiger partial charge on any atom is -0.201 e. The van der Waals surface area contributed by atoms with Crippen LogP contribution in [0, 0.1) is 41.5 Å². The Bertz CT molecular complexity index is 4870. The molecule has 0 spiro atoms. The first-order valence-corrected chi connectivity index (χ1v) is 35.0. The SMILES string of the molecule is CCc1cc[n+](C)c(-c2ccccc2C)c1.CCc1ccc[n+](C)c1-c1ccccc1C.Cc1ccccc1-c1c(C(C)C)ccc[n+]1C.Cc1ccccc1-c1cc(C(C)C)cc[n+]1C.[2H]C([2H])(C)c1ccc(-c2ccccc2C)[n+](C)c1.[2H]C([2H])([2H])C([2H])(C)c1ccc(-c2ccccc2C)[n+](C)c1. The fourth-order valence-electron chi connectivity index (χ4n) is 12.3. The summed E-state index contributed by atoms with van der Waals surface area (Å²) in [5.41, 5.74) is 29.4. The Kier molecular flexibility index (Phi) is 25.5. The Labute approximate surface area is 605 Å². The second-order valence-electron chi connectivity index (χ2n) is 26.5. The molecule has 0 bridgehead atoms. The monoisotopic (exact) mass is 1320 g/mol. The highest BCUT2D eigenvalue weighted by Gasteiger charge is 2.21. The van der Waals surface area contributed by atoms with Gasteiger partial charge < -0.3 is 0 Å². The second kappa shape index (κ2) is 37.3. The maximum absolute atomic E-state index is 8.16. The molecule has 0 saturated carbocycles. The minimum atomic E-state index is -2.36. The summed E-state index contributed by atoms with van der Waals surface area (Å²) >= 11 is 0. The Morgan fingerprint density at radius 1 is 0.333 bits per heavy atom. The number of aryl methyl sites for hydroxylation is 15. The summed E-state index contributed by atoms with van der Waals surface area (Å²) in [7, 11) is 12.3. The molecular formula is C93H114N6+6. The molecule has 0 fully saturated rings. The standard InChI is InChI=1S/3C16H20N.3C15H18N/c1-12(2)14-10-7-11-17(4)16(14)15-9-6-5-8-13(15)3;1-12(2)14-9-10-17(4)16(11-14)15-8-6-5-7-13(15)3;1-12(2)14-9-10-16(17(4)11-14)15-8-6-5-7-13(15)3;1-4-13-9-7-11-16(3)15(13)14-10-6-5-8-12(14)2;1-4-13-9-10-16(3)15(11-13)14-8-6-5-7-12(14)2;1-4-13-9-10-15(16(3)11-13)14-8-6-5-7-12(14)2/h3*5-12H,1-4H3;3*5-11H,4H2,1-3H3/q6*+1/i;;1D3,12D;;;4D2. The van der Waals surface area contributed by atoms with Crippen LogP contribution in [0.5, 0.6) is 0 Å². The smallest absolute Gasteiger partial charge is 0.201 e. The zero-order valence-electron chi connectivity index (χ0n) is 69.0. The van der Waals surface area contributed by atoms with Gasteiger partial charge >= 0.3 is 0 Å². The molecule has 6 nitrogen and oxygen atoms in total. The Morgan fingerprint density at radius 2 is 0.737 bits per heavy atom. The normalized spacial score (nSPS) is 12.4. The van der Waals surface area contributed by atoms with Crippen LogP contribution in [0.25, 0.3) is 67.5 Å². The number of pyridine rings is 6. The van der Waals surface area contributed by atoms with Crippen molar-refractivity contribution < 1.29 is 35.6 Å². The van der Waals surface area contributed by atoms with E-state index in [0.717, 1.165) is 35.4 Å². The van der Waals surface area contributed by atoms with Crippen molar-refractivity contribution in [3.8, 4) is 67.5 Å². The maximum atomic E-state index is 8.16. The van der Waals surface area contributed by atoms with Gasteiger partial charge in [0, 0.05) is 112 Å². The highest BCUT2D eigenvalue weighted by atomic mass is 14.9. The first kappa shape index (κ1) is 67.8. The molecule has 6 heterocycles. The molecule has 0 saturated heterocycles. The first-order valence-electron chi connectivity index (χ1n) is 38.0. The van der Waals surface area contributed by atoms with Crippen LogP contribution in [-0.2, 0) is 61.5 Å². The highest BCUT2D eigenvalue weighted by molar-refractivity contribution is 5.67.